The molecule has 1 amide bonds. The maximum atomic E-state index is 13.1. The summed E-state index contributed by atoms with van der Waals surface area (Å²) in [6.07, 6.45) is 10.5. The Morgan fingerprint density at radius 2 is 1.65 bits per heavy atom. The standard InChI is InChI=1S/C28H41FN2O3/c1-34-19-22-16-21(17-22)18-27(32)30-26-8-2-20(3-9-26)10-13-31-14-11-24(12-15-31)28(33)23-4-6-25(29)7-5-23/h4-7,20-22,24,26H,2-3,8-19H2,1H3,(H,30,32)/t20?,21-,22+,26?. The predicted molar refractivity (Wildman–Crippen MR) is 131 cm³/mol. The van der Waals surface area contributed by atoms with Gasteiger partial charge in [-0.3, -0.25) is 9.59 Å². The van der Waals surface area contributed by atoms with Crippen LogP contribution in [0.1, 0.15) is 74.6 Å². The number of ketones is 1. The number of amides is 1. The molecule has 2 saturated carbocycles. The molecule has 1 aliphatic heterocycles. The zero-order valence-electron chi connectivity index (χ0n) is 20.6. The molecular weight excluding hydrogens is 431 g/mol. The van der Waals surface area contributed by atoms with E-state index in [1.165, 1.54) is 31.4 Å². The molecule has 0 spiro atoms. The zero-order valence-corrected chi connectivity index (χ0v) is 20.6. The van der Waals surface area contributed by atoms with Crippen molar-refractivity contribution >= 4 is 11.7 Å². The normalized spacial score (nSPS) is 28.3. The Morgan fingerprint density at radius 1 is 0.971 bits per heavy atom. The van der Waals surface area contributed by atoms with Gasteiger partial charge in [0.1, 0.15) is 5.82 Å². The van der Waals surface area contributed by atoms with Gasteiger partial charge >= 0.3 is 0 Å². The van der Waals surface area contributed by atoms with Gasteiger partial charge in [-0.2, -0.15) is 0 Å². The number of ether oxygens (including phenoxy) is 1. The first-order chi connectivity index (χ1) is 16.5. The summed E-state index contributed by atoms with van der Waals surface area (Å²) in [4.78, 5) is 27.6. The number of methoxy groups -OCH3 is 1. The van der Waals surface area contributed by atoms with Crippen molar-refractivity contribution in [1.82, 2.24) is 10.2 Å². The van der Waals surface area contributed by atoms with Crippen molar-refractivity contribution in [1.29, 1.82) is 0 Å². The van der Waals surface area contributed by atoms with E-state index in [9.17, 15) is 14.0 Å². The van der Waals surface area contributed by atoms with Crippen LogP contribution in [0.15, 0.2) is 24.3 Å². The average molecular weight is 473 g/mol. The van der Waals surface area contributed by atoms with Crippen molar-refractivity contribution < 1.29 is 18.7 Å². The summed E-state index contributed by atoms with van der Waals surface area (Å²) in [5.41, 5.74) is 0.631. The van der Waals surface area contributed by atoms with Gasteiger partial charge < -0.3 is 15.0 Å². The van der Waals surface area contributed by atoms with E-state index in [0.29, 0.717) is 29.9 Å². The van der Waals surface area contributed by atoms with Crippen LogP contribution in [0.3, 0.4) is 0 Å². The van der Waals surface area contributed by atoms with Crippen LogP contribution in [0.5, 0.6) is 0 Å². The quantitative estimate of drug-likeness (QED) is 0.495. The Labute approximate surface area is 203 Å². The zero-order chi connectivity index (χ0) is 23.9. The van der Waals surface area contributed by atoms with Crippen LogP contribution in [0.25, 0.3) is 0 Å². The van der Waals surface area contributed by atoms with Crippen LogP contribution >= 0.6 is 0 Å². The molecule has 4 rings (SSSR count). The van der Waals surface area contributed by atoms with Gasteiger partial charge in [-0.25, -0.2) is 4.39 Å². The van der Waals surface area contributed by atoms with E-state index >= 15 is 0 Å². The van der Waals surface area contributed by atoms with E-state index in [-0.39, 0.29) is 23.4 Å². The maximum Gasteiger partial charge on any atom is 0.220 e. The molecule has 0 unspecified atom stereocenters. The summed E-state index contributed by atoms with van der Waals surface area (Å²) in [5.74, 6) is 2.10. The molecule has 0 atom stereocenters. The molecule has 3 aliphatic rings. The Balaban J connectivity index is 1.07. The number of likely N-dealkylation sites (tertiary alicyclic amines) is 1. The molecular formula is C28H41FN2O3. The van der Waals surface area contributed by atoms with Crippen molar-refractivity contribution in [3.05, 3.63) is 35.6 Å². The highest BCUT2D eigenvalue weighted by atomic mass is 19.1. The number of nitrogens with one attached hydrogen (secondary N) is 1. The van der Waals surface area contributed by atoms with Crippen molar-refractivity contribution in [2.75, 3.05) is 33.4 Å². The fraction of sp³-hybridized carbons (Fsp3) is 0.714. The van der Waals surface area contributed by atoms with E-state index in [0.717, 1.165) is 70.7 Å². The smallest absolute Gasteiger partial charge is 0.220 e. The van der Waals surface area contributed by atoms with E-state index in [4.69, 9.17) is 4.74 Å². The van der Waals surface area contributed by atoms with Crippen LogP contribution in [-0.2, 0) is 9.53 Å². The van der Waals surface area contributed by atoms with Crippen LogP contribution in [-0.4, -0.2) is 56.0 Å². The van der Waals surface area contributed by atoms with E-state index in [1.54, 1.807) is 19.2 Å². The SMILES string of the molecule is COC[C@H]1C[C@@H](CC(=O)NC2CCC(CCN3CCC(C(=O)c4ccc(F)cc4)CC3)CC2)C1. The van der Waals surface area contributed by atoms with E-state index in [2.05, 4.69) is 10.2 Å². The number of carbonyl (C=O) groups is 2. The lowest BCUT2D eigenvalue weighted by atomic mass is 9.73. The van der Waals surface area contributed by atoms with Gasteiger partial charge in [-0.15, -0.1) is 0 Å². The van der Waals surface area contributed by atoms with Crippen molar-refractivity contribution in [2.45, 2.75) is 70.3 Å². The van der Waals surface area contributed by atoms with Crippen LogP contribution in [0.2, 0.25) is 0 Å². The Morgan fingerprint density at radius 3 is 2.29 bits per heavy atom. The van der Waals surface area contributed by atoms with E-state index in [1.807, 2.05) is 0 Å². The molecule has 6 heteroatoms. The van der Waals surface area contributed by atoms with Gasteiger partial charge in [0.2, 0.25) is 5.91 Å². The number of Topliss-reactive ketones (excluding diaryl/α,β-unsaturated/α-hetero) is 1. The summed E-state index contributed by atoms with van der Waals surface area (Å²) >= 11 is 0. The van der Waals surface area contributed by atoms with Crippen molar-refractivity contribution in [3.63, 3.8) is 0 Å². The molecule has 0 bridgehead atoms. The lowest BCUT2D eigenvalue weighted by Gasteiger charge is -2.36. The number of hydrogen-bond acceptors (Lipinski definition) is 4. The lowest BCUT2D eigenvalue weighted by Crippen LogP contribution is -2.41. The van der Waals surface area contributed by atoms with Gasteiger partial charge in [0, 0.05) is 37.7 Å². The third kappa shape index (κ3) is 7.11. The monoisotopic (exact) mass is 472 g/mol. The number of rotatable bonds is 10. The second-order valence-corrected chi connectivity index (χ2v) is 10.9. The first kappa shape index (κ1) is 25.3. The lowest BCUT2D eigenvalue weighted by molar-refractivity contribution is -0.124. The minimum Gasteiger partial charge on any atom is -0.384 e. The molecule has 2 aliphatic carbocycles. The topological polar surface area (TPSA) is 58.6 Å². The molecule has 1 heterocycles. The van der Waals surface area contributed by atoms with Gasteiger partial charge in [0.15, 0.2) is 5.78 Å². The van der Waals surface area contributed by atoms with Gasteiger partial charge in [-0.05, 0) is 119 Å². The second-order valence-electron chi connectivity index (χ2n) is 10.9. The third-order valence-corrected chi connectivity index (χ3v) is 8.36. The average Bonchev–Trinajstić information content (AvgIpc) is 2.83. The highest BCUT2D eigenvalue weighted by Gasteiger charge is 2.32. The first-order valence-corrected chi connectivity index (χ1v) is 13.3. The minimum atomic E-state index is -0.298. The van der Waals surface area contributed by atoms with Gasteiger partial charge in [0.25, 0.3) is 0 Å². The summed E-state index contributed by atoms with van der Waals surface area (Å²) in [7, 11) is 1.75. The van der Waals surface area contributed by atoms with Crippen LogP contribution in [0, 0.1) is 29.5 Å². The highest BCUT2D eigenvalue weighted by Crippen LogP contribution is 2.36. The minimum absolute atomic E-state index is 0.0616. The number of piperidine rings is 1. The molecule has 1 N–H and O–H groups in total. The number of benzene rings is 1. The first-order valence-electron chi connectivity index (χ1n) is 13.3. The van der Waals surface area contributed by atoms with Crippen LogP contribution < -0.4 is 5.32 Å². The summed E-state index contributed by atoms with van der Waals surface area (Å²) in [6.45, 7) is 3.86. The number of nitrogens with zero attached hydrogens (tertiary/aromatic N) is 1. The molecule has 188 valence electrons. The molecule has 0 aromatic heterocycles. The molecule has 5 nitrogen and oxygen atoms in total. The molecule has 34 heavy (non-hydrogen) atoms. The highest BCUT2D eigenvalue weighted by molar-refractivity contribution is 5.97. The molecule has 1 saturated heterocycles. The van der Waals surface area contributed by atoms with Crippen LogP contribution in [0.4, 0.5) is 4.39 Å². The number of halogens is 1. The fourth-order valence-corrected chi connectivity index (χ4v) is 6.19. The molecule has 3 fully saturated rings. The van der Waals surface area contributed by atoms with Gasteiger partial charge in [-0.1, -0.05) is 0 Å². The third-order valence-electron chi connectivity index (χ3n) is 8.36. The fourth-order valence-electron chi connectivity index (χ4n) is 6.19. The second kappa shape index (κ2) is 12.3. The summed E-state index contributed by atoms with van der Waals surface area (Å²) < 4.78 is 18.3. The Kier molecular flexibility index (Phi) is 9.12. The molecule has 1 aromatic rings. The predicted octanol–water partition coefficient (Wildman–Crippen LogP) is 4.85. The van der Waals surface area contributed by atoms with Gasteiger partial charge in [0.05, 0.1) is 0 Å². The molecule has 1 aromatic carbocycles. The Hall–Kier alpha value is -1.79. The maximum absolute atomic E-state index is 13.1. The van der Waals surface area contributed by atoms with E-state index < -0.39 is 0 Å². The summed E-state index contributed by atoms with van der Waals surface area (Å²) in [6, 6.07) is 6.31. The number of hydrogen-bond donors (Lipinski definition) is 1. The largest absolute Gasteiger partial charge is 0.384 e. The molecule has 0 radical (unpaired) electrons. The number of carbonyl (C=O) groups excluding carboxylic acids is 2. The van der Waals surface area contributed by atoms with Crippen molar-refractivity contribution in [2.24, 2.45) is 23.7 Å². The van der Waals surface area contributed by atoms with Crippen molar-refractivity contribution in [3.8, 4) is 0 Å². The summed E-state index contributed by atoms with van der Waals surface area (Å²) in [5, 5.41) is 3.29. The Bertz CT molecular complexity index is 792.